The molecule has 0 radical (unpaired) electrons. The van der Waals surface area contributed by atoms with Crippen LogP contribution >= 0.6 is 15.9 Å². The number of likely N-dealkylation sites (tertiary alicyclic amines) is 2. The third-order valence-corrected chi connectivity index (χ3v) is 14.8. The number of ether oxygens (including phenoxy) is 5. The van der Waals surface area contributed by atoms with Crippen molar-refractivity contribution in [1.82, 2.24) is 30.1 Å². The SMILES string of the molecule is CC(C)(C)OC(=O)CBr.CC(C)(C)OC(=O)CN1CCC(c2cccc(OCc3ccc(C#N)cc3F)n2)CC1.N#Cc1ccc(COc2cccc(C3CCN(CC(=O)O)CC3)n2)c(F)c1.N#Cc1ccc(COc2cccc(C3CCNCC3)n2)c(F)c1. The Labute approximate surface area is 533 Å². The van der Waals surface area contributed by atoms with Crippen LogP contribution in [0, 0.1) is 51.4 Å². The fourth-order valence-electron chi connectivity index (χ4n) is 9.88. The van der Waals surface area contributed by atoms with E-state index in [0.29, 0.717) is 52.4 Å². The highest BCUT2D eigenvalue weighted by atomic mass is 79.9. The number of aromatic nitrogens is 3. The Hall–Kier alpha value is -8.46. The summed E-state index contributed by atoms with van der Waals surface area (Å²) in [5.74, 6) is -0.246. The number of nitrogens with zero attached hydrogens (tertiary/aromatic N) is 8. The van der Waals surface area contributed by atoms with Crippen LogP contribution in [0.15, 0.2) is 109 Å². The molecule has 476 valence electrons. The molecule has 3 aromatic heterocycles. The summed E-state index contributed by atoms with van der Waals surface area (Å²) >= 11 is 2.99. The summed E-state index contributed by atoms with van der Waals surface area (Å²) in [6.07, 6.45) is 5.61. The van der Waals surface area contributed by atoms with Crippen LogP contribution < -0.4 is 19.5 Å². The molecule has 2 N–H and O–H groups in total. The van der Waals surface area contributed by atoms with E-state index >= 15 is 0 Å². The molecule has 6 aromatic rings. The molecule has 3 saturated heterocycles. The van der Waals surface area contributed by atoms with E-state index in [1.807, 2.05) is 101 Å². The van der Waals surface area contributed by atoms with Gasteiger partial charge in [0.25, 0.3) is 0 Å². The average Bonchev–Trinajstić information content (AvgIpc) is 3.45. The molecule has 0 spiro atoms. The summed E-state index contributed by atoms with van der Waals surface area (Å²) < 4.78 is 69.1. The Morgan fingerprint density at radius 3 is 1.17 bits per heavy atom. The number of piperidine rings is 3. The summed E-state index contributed by atoms with van der Waals surface area (Å²) in [5, 5.41) is 38.9. The monoisotopic (exact) mass is 1300 g/mol. The Balaban J connectivity index is 0.000000202. The van der Waals surface area contributed by atoms with Gasteiger partial charge >= 0.3 is 17.9 Å². The predicted octanol–water partition coefficient (Wildman–Crippen LogP) is 12.0. The zero-order valence-corrected chi connectivity index (χ0v) is 53.2. The number of carboxylic acids is 1. The molecule has 9 rings (SSSR count). The first-order valence-corrected chi connectivity index (χ1v) is 30.8. The van der Waals surface area contributed by atoms with E-state index in [2.05, 4.69) is 41.1 Å². The Kier molecular flexibility index (Phi) is 27.5. The van der Waals surface area contributed by atoms with Gasteiger partial charge in [-0.25, -0.2) is 28.1 Å². The standard InChI is InChI=1S/C24H28FN3O3.C20H20FN3O3.C18H18FN3O.C6H11BrO2/c1-24(2,3)31-23(29)15-28-11-9-18(10-12-28)21-5-4-6-22(27-21)30-16-19-8-7-17(14-26)13-20(19)25;21-17-10-14(11-22)4-5-16(17)13-27-19-3-1-2-18(23-19)15-6-8-24(9-7-15)12-20(25)26;19-16-10-13(11-20)4-5-15(16)12-23-18-3-1-2-17(22-18)14-6-8-21-9-7-14;1-6(2,3)9-5(8)4-7/h4-8,13,18H,9-12,15-16H2,1-3H3;1-5,10,15H,6-9,12-13H2,(H,25,26);1-5,10,14,21H,6-9,12H2;4H2,1-3H3. The molecule has 0 amide bonds. The van der Waals surface area contributed by atoms with Crippen molar-refractivity contribution >= 4 is 33.8 Å². The van der Waals surface area contributed by atoms with Gasteiger partial charge in [-0.3, -0.25) is 24.2 Å². The van der Waals surface area contributed by atoms with Crippen molar-refractivity contribution in [2.24, 2.45) is 0 Å². The number of carboxylic acid groups (broad SMARTS) is 1. The van der Waals surface area contributed by atoms with Crippen molar-refractivity contribution < 1.29 is 56.3 Å². The van der Waals surface area contributed by atoms with Gasteiger partial charge in [-0.15, -0.1) is 0 Å². The van der Waals surface area contributed by atoms with Gasteiger partial charge in [-0.2, -0.15) is 15.8 Å². The van der Waals surface area contributed by atoms with Gasteiger partial charge in [-0.1, -0.05) is 52.3 Å². The minimum absolute atomic E-state index is 0.0328. The van der Waals surface area contributed by atoms with Crippen molar-refractivity contribution in [2.45, 2.75) is 129 Å². The number of pyridine rings is 3. The van der Waals surface area contributed by atoms with E-state index in [9.17, 15) is 27.6 Å². The van der Waals surface area contributed by atoms with Crippen molar-refractivity contribution in [3.8, 4) is 35.8 Å². The zero-order valence-electron chi connectivity index (χ0n) is 51.7. The molecular weight excluding hydrogens is 1220 g/mol. The molecule has 3 fully saturated rings. The number of alkyl halides is 1. The molecule has 3 aromatic carbocycles. The number of nitriles is 3. The predicted molar refractivity (Wildman–Crippen MR) is 334 cm³/mol. The van der Waals surface area contributed by atoms with E-state index in [1.54, 1.807) is 48.5 Å². The molecule has 0 aliphatic carbocycles. The lowest BCUT2D eigenvalue weighted by molar-refractivity contribution is -0.156. The summed E-state index contributed by atoms with van der Waals surface area (Å²) in [7, 11) is 0. The van der Waals surface area contributed by atoms with Gasteiger partial charge in [0, 0.05) is 69.7 Å². The minimum atomic E-state index is -0.808. The first kappa shape index (κ1) is 70.6. The quantitative estimate of drug-likeness (QED) is 0.0636. The van der Waals surface area contributed by atoms with Gasteiger partial charge in [-0.05, 0) is 174 Å². The lowest BCUT2D eigenvalue weighted by Crippen LogP contribution is -2.39. The van der Waals surface area contributed by atoms with Crippen molar-refractivity contribution in [1.29, 1.82) is 15.8 Å². The zero-order chi connectivity index (χ0) is 65.2. The number of benzene rings is 3. The van der Waals surface area contributed by atoms with Crippen LogP contribution in [0.2, 0.25) is 0 Å². The molecule has 3 aliphatic rings. The lowest BCUT2D eigenvalue weighted by atomic mass is 9.93. The third-order valence-electron chi connectivity index (χ3n) is 14.3. The molecule has 6 heterocycles. The molecule has 0 saturated carbocycles. The minimum Gasteiger partial charge on any atom is -0.480 e. The number of esters is 2. The summed E-state index contributed by atoms with van der Waals surface area (Å²) in [6, 6.07) is 35.6. The average molecular weight is 1300 g/mol. The second-order valence-corrected chi connectivity index (χ2v) is 24.2. The van der Waals surface area contributed by atoms with Crippen LogP contribution in [0.1, 0.15) is 148 Å². The Bertz CT molecular complexity index is 3470. The highest BCUT2D eigenvalue weighted by molar-refractivity contribution is 9.09. The van der Waals surface area contributed by atoms with Crippen LogP contribution in [0.25, 0.3) is 0 Å². The summed E-state index contributed by atoms with van der Waals surface area (Å²) in [5.41, 5.74) is 4.05. The first-order chi connectivity index (χ1) is 43.0. The lowest BCUT2D eigenvalue weighted by Gasteiger charge is -2.31. The van der Waals surface area contributed by atoms with Gasteiger partial charge in [0.1, 0.15) is 53.8 Å². The fourth-order valence-corrected chi connectivity index (χ4v) is 9.99. The second-order valence-electron chi connectivity index (χ2n) is 23.6. The topological polar surface area (TPSA) is 246 Å². The van der Waals surface area contributed by atoms with Gasteiger partial charge in [0.15, 0.2) is 0 Å². The van der Waals surface area contributed by atoms with Crippen LogP contribution in [-0.4, -0.2) is 117 Å². The van der Waals surface area contributed by atoms with Gasteiger partial charge in [0.05, 0.1) is 48.0 Å². The number of carbonyl (C=O) groups is 3. The number of halogens is 4. The maximum atomic E-state index is 14.0. The number of aliphatic carboxylic acids is 1. The van der Waals surface area contributed by atoms with Gasteiger partial charge in [0.2, 0.25) is 17.6 Å². The maximum absolute atomic E-state index is 14.0. The van der Waals surface area contributed by atoms with Crippen molar-refractivity contribution in [3.05, 3.63) is 177 Å². The normalized spacial score (nSPS) is 14.8. The van der Waals surface area contributed by atoms with E-state index in [1.165, 1.54) is 24.3 Å². The van der Waals surface area contributed by atoms with E-state index in [0.717, 1.165) is 94.9 Å². The van der Waals surface area contributed by atoms with E-state index in [-0.39, 0.29) is 72.2 Å². The van der Waals surface area contributed by atoms with E-state index in [4.69, 9.17) is 44.6 Å². The van der Waals surface area contributed by atoms with Crippen LogP contribution in [0.3, 0.4) is 0 Å². The first-order valence-electron chi connectivity index (χ1n) is 29.7. The number of hydrogen-bond donors (Lipinski definition) is 2. The third kappa shape index (κ3) is 24.5. The van der Waals surface area contributed by atoms with Crippen LogP contribution in [0.5, 0.6) is 17.6 Å². The number of carbonyl (C=O) groups excluding carboxylic acids is 2. The number of rotatable bonds is 17. The molecule has 18 nitrogen and oxygen atoms in total. The molecule has 0 unspecified atom stereocenters. The molecule has 0 atom stereocenters. The van der Waals surface area contributed by atoms with Crippen LogP contribution in [0.4, 0.5) is 13.2 Å². The van der Waals surface area contributed by atoms with Crippen molar-refractivity contribution in [3.63, 3.8) is 0 Å². The maximum Gasteiger partial charge on any atom is 0.320 e. The number of hydrogen-bond acceptors (Lipinski definition) is 17. The highest BCUT2D eigenvalue weighted by Gasteiger charge is 2.27. The smallest absolute Gasteiger partial charge is 0.320 e. The Morgan fingerprint density at radius 1 is 0.533 bits per heavy atom. The molecule has 22 heteroatoms. The highest BCUT2D eigenvalue weighted by Crippen LogP contribution is 2.31. The van der Waals surface area contributed by atoms with Crippen LogP contribution in [-0.2, 0) is 43.7 Å². The molecular formula is C68H77BrF3N9O9. The fraction of sp³-hybridized carbons (Fsp3) is 0.426. The summed E-state index contributed by atoms with van der Waals surface area (Å²) in [6.45, 7) is 16.7. The molecule has 3 aliphatic heterocycles. The van der Waals surface area contributed by atoms with E-state index < -0.39 is 29.0 Å². The molecule has 90 heavy (non-hydrogen) atoms. The summed E-state index contributed by atoms with van der Waals surface area (Å²) in [4.78, 5) is 51.1. The van der Waals surface area contributed by atoms with Gasteiger partial charge < -0.3 is 34.1 Å². The number of nitrogens with one attached hydrogen (secondary N) is 1. The Morgan fingerprint density at radius 2 is 0.867 bits per heavy atom. The largest absolute Gasteiger partial charge is 0.480 e. The van der Waals surface area contributed by atoms with Crippen molar-refractivity contribution in [2.75, 3.05) is 57.7 Å². The molecule has 0 bridgehead atoms. The second kappa shape index (κ2) is 35.1.